The van der Waals surface area contributed by atoms with E-state index in [1.807, 2.05) is 13.1 Å². The summed E-state index contributed by atoms with van der Waals surface area (Å²) in [6.45, 7) is 7.44. The molecule has 0 amide bonds. The molecule has 0 aliphatic carbocycles. The van der Waals surface area contributed by atoms with Gasteiger partial charge in [0.1, 0.15) is 5.82 Å². The van der Waals surface area contributed by atoms with E-state index in [4.69, 9.17) is 4.74 Å². The Hall–Kier alpha value is -0.870. The predicted octanol–water partition coefficient (Wildman–Crippen LogP) is 1.10. The summed E-state index contributed by atoms with van der Waals surface area (Å²) in [5.74, 6) is 1.01. The number of rotatable bonds is 7. The second kappa shape index (κ2) is 6.56. The average Bonchev–Trinajstić information content (AvgIpc) is 2.63. The Labute approximate surface area is 85.1 Å². The number of imidazole rings is 1. The highest BCUT2D eigenvalue weighted by atomic mass is 16.5. The monoisotopic (exact) mass is 197 g/mol. The lowest BCUT2D eigenvalue weighted by Crippen LogP contribution is -2.12. The van der Waals surface area contributed by atoms with Crippen LogP contribution >= 0.6 is 0 Å². The van der Waals surface area contributed by atoms with Crippen molar-refractivity contribution >= 4 is 0 Å². The minimum atomic E-state index is 0.741. The van der Waals surface area contributed by atoms with Crippen LogP contribution in [0.5, 0.6) is 0 Å². The molecule has 0 saturated heterocycles. The number of nitrogens with zero attached hydrogens (tertiary/aromatic N) is 1. The van der Waals surface area contributed by atoms with Crippen LogP contribution in [0.2, 0.25) is 0 Å². The number of nitrogens with one attached hydrogen (secondary N) is 2. The molecule has 1 rings (SSSR count). The first-order chi connectivity index (χ1) is 6.86. The van der Waals surface area contributed by atoms with E-state index in [2.05, 4.69) is 22.2 Å². The zero-order valence-corrected chi connectivity index (χ0v) is 8.97. The molecule has 2 N–H and O–H groups in total. The summed E-state index contributed by atoms with van der Waals surface area (Å²) < 4.78 is 5.25. The first-order valence-electron chi connectivity index (χ1n) is 5.18. The number of H-pyrrole nitrogens is 1. The number of ether oxygens (including phenoxy) is 1. The molecular formula is C10H19N3O. The Bertz CT molecular complexity index is 247. The van der Waals surface area contributed by atoms with Gasteiger partial charge in [-0.25, -0.2) is 4.98 Å². The van der Waals surface area contributed by atoms with Gasteiger partial charge < -0.3 is 15.0 Å². The number of hydrogen-bond donors (Lipinski definition) is 2. The molecule has 0 aliphatic heterocycles. The van der Waals surface area contributed by atoms with Gasteiger partial charge in [-0.05, 0) is 13.5 Å². The third-order valence-electron chi connectivity index (χ3n) is 1.93. The summed E-state index contributed by atoms with van der Waals surface area (Å²) >= 11 is 0. The van der Waals surface area contributed by atoms with Crippen LogP contribution in [0.4, 0.5) is 0 Å². The summed E-state index contributed by atoms with van der Waals surface area (Å²) in [6.07, 6.45) is 2.74. The summed E-state index contributed by atoms with van der Waals surface area (Å²) in [6, 6.07) is 0. The highest BCUT2D eigenvalue weighted by Crippen LogP contribution is 1.97. The lowest BCUT2D eigenvalue weighted by molar-refractivity contribution is 0.149. The van der Waals surface area contributed by atoms with E-state index in [-0.39, 0.29) is 0 Å². The molecule has 0 atom stereocenters. The van der Waals surface area contributed by atoms with Crippen LogP contribution in [0.1, 0.15) is 25.4 Å². The minimum Gasteiger partial charge on any atom is -0.381 e. The quantitative estimate of drug-likeness (QED) is 0.643. The molecule has 0 spiro atoms. The maximum absolute atomic E-state index is 5.25. The fraction of sp³-hybridized carbons (Fsp3) is 0.700. The summed E-state index contributed by atoms with van der Waals surface area (Å²) in [5, 5.41) is 3.24. The fourth-order valence-corrected chi connectivity index (χ4v) is 1.20. The Kier molecular flexibility index (Phi) is 5.25. The zero-order valence-electron chi connectivity index (χ0n) is 8.97. The van der Waals surface area contributed by atoms with Crippen molar-refractivity contribution in [1.29, 1.82) is 0 Å². The average molecular weight is 197 g/mol. The molecule has 4 nitrogen and oxygen atoms in total. The van der Waals surface area contributed by atoms with E-state index < -0.39 is 0 Å². The normalized spacial score (nSPS) is 10.7. The van der Waals surface area contributed by atoms with Crippen LogP contribution in [0.15, 0.2) is 6.20 Å². The van der Waals surface area contributed by atoms with Gasteiger partial charge in [0, 0.05) is 31.5 Å². The largest absolute Gasteiger partial charge is 0.381 e. The minimum absolute atomic E-state index is 0.741. The molecule has 4 heteroatoms. The van der Waals surface area contributed by atoms with E-state index in [1.165, 1.54) is 0 Å². The van der Waals surface area contributed by atoms with Crippen LogP contribution in [0.3, 0.4) is 0 Å². The summed E-state index contributed by atoms with van der Waals surface area (Å²) in [7, 11) is 0. The molecule has 0 bridgehead atoms. The van der Waals surface area contributed by atoms with Gasteiger partial charge in [0.25, 0.3) is 0 Å². The number of hydrogen-bond acceptors (Lipinski definition) is 3. The van der Waals surface area contributed by atoms with Gasteiger partial charge in [-0.3, -0.25) is 0 Å². The summed E-state index contributed by atoms with van der Waals surface area (Å²) in [4.78, 5) is 7.52. The molecule has 0 unspecified atom stereocenters. The van der Waals surface area contributed by atoms with Crippen LogP contribution in [0, 0.1) is 0 Å². The molecule has 0 aliphatic rings. The van der Waals surface area contributed by atoms with E-state index in [9.17, 15) is 0 Å². The van der Waals surface area contributed by atoms with Crippen molar-refractivity contribution in [2.24, 2.45) is 0 Å². The van der Waals surface area contributed by atoms with Crippen LogP contribution in [-0.2, 0) is 17.7 Å². The van der Waals surface area contributed by atoms with Gasteiger partial charge in [0.05, 0.1) is 6.61 Å². The van der Waals surface area contributed by atoms with Gasteiger partial charge >= 0.3 is 0 Å². The van der Waals surface area contributed by atoms with E-state index in [0.717, 1.165) is 44.2 Å². The van der Waals surface area contributed by atoms with E-state index in [1.54, 1.807) is 0 Å². The van der Waals surface area contributed by atoms with E-state index in [0.29, 0.717) is 0 Å². The van der Waals surface area contributed by atoms with Gasteiger partial charge in [0.2, 0.25) is 0 Å². The van der Waals surface area contributed by atoms with E-state index >= 15 is 0 Å². The summed E-state index contributed by atoms with van der Waals surface area (Å²) in [5.41, 5.74) is 1.14. The van der Waals surface area contributed by atoms with Crippen molar-refractivity contribution in [2.45, 2.75) is 26.8 Å². The van der Waals surface area contributed by atoms with Crippen LogP contribution in [0.25, 0.3) is 0 Å². The molecule has 1 aromatic heterocycles. The van der Waals surface area contributed by atoms with Crippen molar-refractivity contribution in [2.75, 3.05) is 19.8 Å². The lowest BCUT2D eigenvalue weighted by atomic mass is 10.4. The van der Waals surface area contributed by atoms with Crippen LogP contribution < -0.4 is 5.32 Å². The van der Waals surface area contributed by atoms with Gasteiger partial charge in [-0.2, -0.15) is 0 Å². The highest BCUT2D eigenvalue weighted by molar-refractivity contribution is 5.01. The second-order valence-electron chi connectivity index (χ2n) is 3.08. The van der Waals surface area contributed by atoms with Crippen molar-refractivity contribution < 1.29 is 4.74 Å². The third kappa shape index (κ3) is 3.89. The van der Waals surface area contributed by atoms with Crippen LogP contribution in [-0.4, -0.2) is 29.7 Å². The Balaban J connectivity index is 2.27. The SMILES string of the molecule is CCNCc1cnc(CCOCC)[nH]1. The Morgan fingerprint density at radius 1 is 1.50 bits per heavy atom. The molecular weight excluding hydrogens is 178 g/mol. The molecule has 0 aromatic carbocycles. The maximum Gasteiger partial charge on any atom is 0.108 e. The number of aromatic nitrogens is 2. The molecule has 14 heavy (non-hydrogen) atoms. The Morgan fingerprint density at radius 3 is 3.07 bits per heavy atom. The second-order valence-corrected chi connectivity index (χ2v) is 3.08. The van der Waals surface area contributed by atoms with Gasteiger partial charge in [0.15, 0.2) is 0 Å². The van der Waals surface area contributed by atoms with Crippen molar-refractivity contribution in [1.82, 2.24) is 15.3 Å². The smallest absolute Gasteiger partial charge is 0.108 e. The fourth-order valence-electron chi connectivity index (χ4n) is 1.20. The molecule has 0 fully saturated rings. The van der Waals surface area contributed by atoms with Gasteiger partial charge in [-0.1, -0.05) is 6.92 Å². The molecule has 80 valence electrons. The molecule has 1 heterocycles. The highest BCUT2D eigenvalue weighted by Gasteiger charge is 1.99. The lowest BCUT2D eigenvalue weighted by Gasteiger charge is -1.98. The van der Waals surface area contributed by atoms with Crippen molar-refractivity contribution in [3.8, 4) is 0 Å². The molecule has 0 saturated carbocycles. The predicted molar refractivity (Wildman–Crippen MR) is 56.2 cm³/mol. The molecule has 0 radical (unpaired) electrons. The standard InChI is InChI=1S/C10H19N3O/c1-3-11-7-9-8-12-10(13-9)5-6-14-4-2/h8,11H,3-7H2,1-2H3,(H,12,13). The topological polar surface area (TPSA) is 49.9 Å². The molecule has 1 aromatic rings. The first kappa shape index (κ1) is 11.2. The number of aromatic amines is 1. The third-order valence-corrected chi connectivity index (χ3v) is 1.93. The zero-order chi connectivity index (χ0) is 10.2. The first-order valence-corrected chi connectivity index (χ1v) is 5.18. The van der Waals surface area contributed by atoms with Crippen molar-refractivity contribution in [3.05, 3.63) is 17.7 Å². The van der Waals surface area contributed by atoms with Crippen molar-refractivity contribution in [3.63, 3.8) is 0 Å². The van der Waals surface area contributed by atoms with Gasteiger partial charge in [-0.15, -0.1) is 0 Å². The maximum atomic E-state index is 5.25. The Morgan fingerprint density at radius 2 is 2.36 bits per heavy atom.